The van der Waals surface area contributed by atoms with E-state index in [0.717, 1.165) is 12.1 Å². The molecule has 2 rings (SSSR count). The number of nitrogens with one attached hydrogen (secondary N) is 1. The molecule has 0 unspecified atom stereocenters. The molecule has 1 heterocycles. The Hall–Kier alpha value is -1.22. The maximum absolute atomic E-state index is 13.5. The SMILES string of the molecule is O=C1CN(S(=O)(=O)c2ccc(Cl)c(F)c2Cl)CC(=O)N1. The number of nitrogens with zero attached hydrogens (tertiary/aromatic N) is 1. The van der Waals surface area contributed by atoms with Crippen LogP contribution in [-0.2, 0) is 19.6 Å². The molecule has 0 spiro atoms. The van der Waals surface area contributed by atoms with Crippen LogP contribution >= 0.6 is 23.2 Å². The Morgan fingerprint density at radius 1 is 1.15 bits per heavy atom. The van der Waals surface area contributed by atoms with Gasteiger partial charge in [0.05, 0.1) is 23.1 Å². The Morgan fingerprint density at radius 2 is 1.70 bits per heavy atom. The summed E-state index contributed by atoms with van der Waals surface area (Å²) in [6.45, 7) is -1.09. The smallest absolute Gasteiger partial charge is 0.245 e. The fourth-order valence-electron chi connectivity index (χ4n) is 1.63. The number of rotatable bonds is 2. The molecule has 108 valence electrons. The summed E-state index contributed by atoms with van der Waals surface area (Å²) in [5.74, 6) is -2.62. The Labute approximate surface area is 123 Å². The fourth-order valence-corrected chi connectivity index (χ4v) is 3.70. The number of hydrogen-bond donors (Lipinski definition) is 1. The van der Waals surface area contributed by atoms with Gasteiger partial charge in [-0.3, -0.25) is 14.9 Å². The van der Waals surface area contributed by atoms with Crippen molar-refractivity contribution in [1.29, 1.82) is 0 Å². The molecule has 1 fully saturated rings. The first-order valence-corrected chi connectivity index (χ1v) is 7.39. The van der Waals surface area contributed by atoms with Crippen LogP contribution in [0.5, 0.6) is 0 Å². The second-order valence-electron chi connectivity index (χ2n) is 3.92. The minimum Gasteiger partial charge on any atom is -0.294 e. The minimum atomic E-state index is -4.28. The molecule has 1 aliphatic rings. The Morgan fingerprint density at radius 3 is 2.25 bits per heavy atom. The van der Waals surface area contributed by atoms with Crippen molar-refractivity contribution in [3.8, 4) is 0 Å². The second-order valence-corrected chi connectivity index (χ2v) is 6.61. The maximum atomic E-state index is 13.5. The molecule has 0 aromatic heterocycles. The molecule has 1 saturated heterocycles. The van der Waals surface area contributed by atoms with Gasteiger partial charge in [-0.25, -0.2) is 12.8 Å². The summed E-state index contributed by atoms with van der Waals surface area (Å²) in [7, 11) is -4.28. The predicted molar refractivity (Wildman–Crippen MR) is 68.3 cm³/mol. The standard InChI is InChI=1S/C10H7Cl2FN2O4S/c11-5-1-2-6(9(12)10(5)13)20(18,19)15-3-7(16)14-8(17)4-15/h1-2H,3-4H2,(H,14,16,17). The first kappa shape index (κ1) is 15.2. The third kappa shape index (κ3) is 2.64. The third-order valence-corrected chi connectivity index (χ3v) is 5.14. The topological polar surface area (TPSA) is 83.6 Å². The van der Waals surface area contributed by atoms with Crippen molar-refractivity contribution in [2.75, 3.05) is 13.1 Å². The van der Waals surface area contributed by atoms with E-state index in [1.165, 1.54) is 0 Å². The molecule has 6 nitrogen and oxygen atoms in total. The van der Waals surface area contributed by atoms with Gasteiger partial charge in [0, 0.05) is 0 Å². The van der Waals surface area contributed by atoms with E-state index in [4.69, 9.17) is 23.2 Å². The largest absolute Gasteiger partial charge is 0.294 e. The lowest BCUT2D eigenvalue weighted by Gasteiger charge is -2.25. The van der Waals surface area contributed by atoms with Crippen molar-refractivity contribution in [2.45, 2.75) is 4.90 Å². The van der Waals surface area contributed by atoms with Gasteiger partial charge < -0.3 is 0 Å². The molecule has 20 heavy (non-hydrogen) atoms. The third-order valence-electron chi connectivity index (χ3n) is 2.54. The van der Waals surface area contributed by atoms with Gasteiger partial charge in [-0.05, 0) is 12.1 Å². The van der Waals surface area contributed by atoms with Gasteiger partial charge in [0.25, 0.3) is 0 Å². The fraction of sp³-hybridized carbons (Fsp3) is 0.200. The molecule has 0 bridgehead atoms. The Bertz CT molecular complexity index is 691. The van der Waals surface area contributed by atoms with Crippen molar-refractivity contribution in [3.63, 3.8) is 0 Å². The van der Waals surface area contributed by atoms with Crippen LogP contribution in [0.2, 0.25) is 10.0 Å². The van der Waals surface area contributed by atoms with E-state index >= 15 is 0 Å². The zero-order chi connectivity index (χ0) is 15.1. The highest BCUT2D eigenvalue weighted by Gasteiger charge is 2.35. The number of imide groups is 1. The summed E-state index contributed by atoms with van der Waals surface area (Å²) < 4.78 is 38.7. The zero-order valence-corrected chi connectivity index (χ0v) is 12.0. The molecule has 0 aliphatic carbocycles. The van der Waals surface area contributed by atoms with E-state index in [1.54, 1.807) is 0 Å². The van der Waals surface area contributed by atoms with Gasteiger partial charge in [-0.2, -0.15) is 4.31 Å². The summed E-state index contributed by atoms with van der Waals surface area (Å²) in [4.78, 5) is 21.9. The molecule has 0 atom stereocenters. The van der Waals surface area contributed by atoms with E-state index in [9.17, 15) is 22.4 Å². The number of amides is 2. The maximum Gasteiger partial charge on any atom is 0.245 e. The predicted octanol–water partition coefficient (Wildman–Crippen LogP) is 0.780. The normalized spacial score (nSPS) is 17.1. The van der Waals surface area contributed by atoms with Gasteiger partial charge in [0.2, 0.25) is 21.8 Å². The summed E-state index contributed by atoms with van der Waals surface area (Å²) in [5, 5.41) is 0.939. The first-order valence-electron chi connectivity index (χ1n) is 5.20. The van der Waals surface area contributed by atoms with Crippen LogP contribution in [0.1, 0.15) is 0 Å². The van der Waals surface area contributed by atoms with E-state index in [1.807, 2.05) is 5.32 Å². The van der Waals surface area contributed by atoms with E-state index in [2.05, 4.69) is 0 Å². The summed E-state index contributed by atoms with van der Waals surface area (Å²) in [6, 6.07) is 2.04. The molecular formula is C10H7Cl2FN2O4S. The first-order chi connectivity index (χ1) is 9.23. The summed E-state index contributed by atoms with van der Waals surface area (Å²) >= 11 is 11.1. The molecule has 10 heteroatoms. The zero-order valence-electron chi connectivity index (χ0n) is 9.69. The van der Waals surface area contributed by atoms with Crippen LogP contribution in [0.3, 0.4) is 0 Å². The number of carbonyl (C=O) groups excluding carboxylic acids is 2. The van der Waals surface area contributed by atoms with Crippen LogP contribution in [0.25, 0.3) is 0 Å². The van der Waals surface area contributed by atoms with Crippen LogP contribution < -0.4 is 5.32 Å². The van der Waals surface area contributed by atoms with Crippen LogP contribution in [0, 0.1) is 5.82 Å². The number of sulfonamides is 1. The van der Waals surface area contributed by atoms with Crippen molar-refractivity contribution in [3.05, 3.63) is 28.0 Å². The summed E-state index contributed by atoms with van der Waals surface area (Å²) in [5.41, 5.74) is 0. The van der Waals surface area contributed by atoms with Gasteiger partial charge >= 0.3 is 0 Å². The van der Waals surface area contributed by atoms with Crippen molar-refractivity contribution in [1.82, 2.24) is 9.62 Å². The lowest BCUT2D eigenvalue weighted by Crippen LogP contribution is -2.53. The van der Waals surface area contributed by atoms with Crippen molar-refractivity contribution < 1.29 is 22.4 Å². The van der Waals surface area contributed by atoms with Gasteiger partial charge in [0.1, 0.15) is 4.90 Å². The van der Waals surface area contributed by atoms with Crippen molar-refractivity contribution >= 4 is 45.0 Å². The van der Waals surface area contributed by atoms with Crippen LogP contribution in [0.15, 0.2) is 17.0 Å². The number of piperazine rings is 1. The number of hydrogen-bond acceptors (Lipinski definition) is 4. The molecule has 1 N–H and O–H groups in total. The highest BCUT2D eigenvalue weighted by molar-refractivity contribution is 7.89. The Balaban J connectivity index is 2.48. The molecule has 1 aliphatic heterocycles. The van der Waals surface area contributed by atoms with Gasteiger partial charge in [-0.15, -0.1) is 0 Å². The average molecular weight is 341 g/mol. The van der Waals surface area contributed by atoms with E-state index in [0.29, 0.717) is 4.31 Å². The average Bonchev–Trinajstić information content (AvgIpc) is 2.34. The van der Waals surface area contributed by atoms with E-state index < -0.39 is 50.7 Å². The molecule has 2 amide bonds. The van der Waals surface area contributed by atoms with Crippen LogP contribution in [0.4, 0.5) is 4.39 Å². The number of carbonyl (C=O) groups is 2. The van der Waals surface area contributed by atoms with Crippen molar-refractivity contribution in [2.24, 2.45) is 0 Å². The highest BCUT2D eigenvalue weighted by atomic mass is 35.5. The van der Waals surface area contributed by atoms with Gasteiger partial charge in [-0.1, -0.05) is 23.2 Å². The lowest BCUT2D eigenvalue weighted by atomic mass is 10.3. The van der Waals surface area contributed by atoms with Crippen LogP contribution in [-0.4, -0.2) is 37.6 Å². The molecule has 1 aromatic carbocycles. The molecular weight excluding hydrogens is 334 g/mol. The molecule has 0 radical (unpaired) electrons. The summed E-state index contributed by atoms with van der Waals surface area (Å²) in [6.07, 6.45) is 0. The second kappa shape index (κ2) is 5.28. The highest BCUT2D eigenvalue weighted by Crippen LogP contribution is 2.31. The minimum absolute atomic E-state index is 0.332. The lowest BCUT2D eigenvalue weighted by molar-refractivity contribution is -0.134. The monoisotopic (exact) mass is 340 g/mol. The molecule has 1 aromatic rings. The van der Waals surface area contributed by atoms with E-state index in [-0.39, 0.29) is 5.02 Å². The Kier molecular flexibility index (Phi) is 4.01. The molecule has 0 saturated carbocycles. The number of halogens is 3. The number of benzene rings is 1. The van der Waals surface area contributed by atoms with Gasteiger partial charge in [0.15, 0.2) is 5.82 Å². The quantitative estimate of drug-likeness (QED) is 0.637.